The zero-order chi connectivity index (χ0) is 24.5. The summed E-state index contributed by atoms with van der Waals surface area (Å²) >= 11 is 0. The monoisotopic (exact) mass is 469 g/mol. The van der Waals surface area contributed by atoms with Gasteiger partial charge in [-0.05, 0) is 35.7 Å². The highest BCUT2D eigenvalue weighted by Crippen LogP contribution is 2.27. The molecule has 1 N–H and O–H groups in total. The van der Waals surface area contributed by atoms with Gasteiger partial charge in [0.15, 0.2) is 0 Å². The predicted molar refractivity (Wildman–Crippen MR) is 136 cm³/mol. The molecule has 0 aliphatic rings. The second kappa shape index (κ2) is 9.09. The van der Waals surface area contributed by atoms with E-state index in [2.05, 4.69) is 29.2 Å². The number of hydrogen-bond acceptors (Lipinski definition) is 5. The molecule has 35 heavy (non-hydrogen) atoms. The van der Waals surface area contributed by atoms with Crippen LogP contribution >= 0.6 is 0 Å². The zero-order valence-electron chi connectivity index (χ0n) is 19.9. The fraction of sp³-hybridized carbons (Fsp3) is 0.231. The number of nitrogens with zero attached hydrogens (tertiary/aromatic N) is 6. The summed E-state index contributed by atoms with van der Waals surface area (Å²) in [7, 11) is 1.54. The number of benzene rings is 2. The average Bonchev–Trinajstić information content (AvgIpc) is 3.51. The number of aromatic nitrogens is 6. The van der Waals surface area contributed by atoms with Gasteiger partial charge < -0.3 is 9.88 Å². The minimum absolute atomic E-state index is 0.242. The molecule has 0 atom stereocenters. The average molecular weight is 470 g/mol. The van der Waals surface area contributed by atoms with Crippen molar-refractivity contribution in [2.45, 2.75) is 26.9 Å². The summed E-state index contributed by atoms with van der Waals surface area (Å²) in [4.78, 5) is 30.3. The Hall–Kier alpha value is -4.40. The predicted octanol–water partition coefficient (Wildman–Crippen LogP) is 3.53. The van der Waals surface area contributed by atoms with Crippen molar-refractivity contribution in [1.82, 2.24) is 28.5 Å². The summed E-state index contributed by atoms with van der Waals surface area (Å²) in [6, 6.07) is 17.7. The van der Waals surface area contributed by atoms with Gasteiger partial charge in [-0.1, -0.05) is 44.2 Å². The lowest BCUT2D eigenvalue weighted by molar-refractivity contribution is 0.502. The number of rotatable bonds is 7. The van der Waals surface area contributed by atoms with Crippen LogP contribution in [0.15, 0.2) is 83.0 Å². The topological polar surface area (TPSA) is 91.7 Å². The van der Waals surface area contributed by atoms with Crippen LogP contribution in [0.3, 0.4) is 0 Å². The van der Waals surface area contributed by atoms with E-state index >= 15 is 0 Å². The molecule has 9 heteroatoms. The van der Waals surface area contributed by atoms with Crippen LogP contribution in [0.5, 0.6) is 0 Å². The molecule has 2 aromatic carbocycles. The second-order valence-electron chi connectivity index (χ2n) is 9.01. The first-order valence-electron chi connectivity index (χ1n) is 11.5. The first-order chi connectivity index (χ1) is 16.9. The molecule has 0 aliphatic heterocycles. The summed E-state index contributed by atoms with van der Waals surface area (Å²) in [6.45, 7) is 5.14. The van der Waals surface area contributed by atoms with Gasteiger partial charge in [0.05, 0.1) is 11.2 Å². The maximum absolute atomic E-state index is 13.3. The number of nitrogens with one attached hydrogen (secondary N) is 1. The van der Waals surface area contributed by atoms with Crippen molar-refractivity contribution in [3.63, 3.8) is 0 Å². The molecule has 0 unspecified atom stereocenters. The summed E-state index contributed by atoms with van der Waals surface area (Å²) in [5.41, 5.74) is 2.81. The van der Waals surface area contributed by atoms with Gasteiger partial charge in [0, 0.05) is 32.0 Å². The van der Waals surface area contributed by atoms with Gasteiger partial charge in [0.1, 0.15) is 23.9 Å². The third-order valence-electron chi connectivity index (χ3n) is 5.94. The van der Waals surface area contributed by atoms with Crippen molar-refractivity contribution in [3.8, 4) is 5.69 Å². The number of para-hydroxylation sites is 1. The van der Waals surface area contributed by atoms with E-state index in [0.29, 0.717) is 29.8 Å². The van der Waals surface area contributed by atoms with E-state index in [1.807, 2.05) is 65.4 Å². The van der Waals surface area contributed by atoms with Crippen LogP contribution in [0.1, 0.15) is 19.4 Å². The van der Waals surface area contributed by atoms with Crippen molar-refractivity contribution in [1.29, 1.82) is 0 Å². The minimum atomic E-state index is -0.316. The molecular weight excluding hydrogens is 442 g/mol. The minimum Gasteiger partial charge on any atom is -0.341 e. The van der Waals surface area contributed by atoms with Gasteiger partial charge in [-0.25, -0.2) is 14.5 Å². The van der Waals surface area contributed by atoms with E-state index in [4.69, 9.17) is 0 Å². The first kappa shape index (κ1) is 22.4. The molecule has 0 saturated heterocycles. The normalized spacial score (nSPS) is 11.4. The highest BCUT2D eigenvalue weighted by atomic mass is 16.2. The van der Waals surface area contributed by atoms with E-state index in [9.17, 15) is 9.59 Å². The van der Waals surface area contributed by atoms with E-state index in [-0.39, 0.29) is 17.2 Å². The smallest absolute Gasteiger partial charge is 0.331 e. The molecule has 0 bridgehead atoms. The van der Waals surface area contributed by atoms with Crippen LogP contribution in [-0.2, 0) is 20.1 Å². The Morgan fingerprint density at radius 2 is 1.74 bits per heavy atom. The van der Waals surface area contributed by atoms with Crippen molar-refractivity contribution >= 4 is 22.4 Å². The lowest BCUT2D eigenvalue weighted by Gasteiger charge is -2.13. The summed E-state index contributed by atoms with van der Waals surface area (Å²) < 4.78 is 6.59. The maximum atomic E-state index is 13.3. The van der Waals surface area contributed by atoms with Gasteiger partial charge >= 0.3 is 5.69 Å². The van der Waals surface area contributed by atoms with Gasteiger partial charge in [0.25, 0.3) is 5.56 Å². The Kier molecular flexibility index (Phi) is 5.82. The molecule has 0 saturated carbocycles. The van der Waals surface area contributed by atoms with Gasteiger partial charge in [0.2, 0.25) is 0 Å². The van der Waals surface area contributed by atoms with Gasteiger partial charge in [-0.15, -0.1) is 0 Å². The van der Waals surface area contributed by atoms with E-state index < -0.39 is 0 Å². The highest BCUT2D eigenvalue weighted by Gasteiger charge is 2.20. The van der Waals surface area contributed by atoms with E-state index in [1.165, 1.54) is 17.9 Å². The summed E-state index contributed by atoms with van der Waals surface area (Å²) in [5.74, 6) is 0.899. The van der Waals surface area contributed by atoms with E-state index in [0.717, 1.165) is 16.9 Å². The second-order valence-corrected chi connectivity index (χ2v) is 9.01. The third kappa shape index (κ3) is 4.28. The van der Waals surface area contributed by atoms with E-state index in [1.54, 1.807) is 15.6 Å². The molecule has 178 valence electrons. The van der Waals surface area contributed by atoms with Crippen molar-refractivity contribution < 1.29 is 0 Å². The van der Waals surface area contributed by atoms with Crippen molar-refractivity contribution in [3.05, 3.63) is 99.9 Å². The Bertz CT molecular complexity index is 1580. The van der Waals surface area contributed by atoms with Crippen molar-refractivity contribution in [2.75, 3.05) is 5.32 Å². The Morgan fingerprint density at radius 1 is 1.00 bits per heavy atom. The molecule has 0 amide bonds. The van der Waals surface area contributed by atoms with Crippen LogP contribution < -0.4 is 16.6 Å². The van der Waals surface area contributed by atoms with Gasteiger partial charge in [-0.2, -0.15) is 5.10 Å². The van der Waals surface area contributed by atoms with Gasteiger partial charge in [-0.3, -0.25) is 13.9 Å². The fourth-order valence-corrected chi connectivity index (χ4v) is 4.25. The lowest BCUT2D eigenvalue weighted by atomic mass is 10.2. The highest BCUT2D eigenvalue weighted by molar-refractivity contribution is 5.92. The molecule has 0 aliphatic carbocycles. The molecule has 9 nitrogen and oxygen atoms in total. The molecule has 0 fully saturated rings. The number of anilines is 2. The number of fused-ring (bicyclic) bond motifs is 1. The SMILES string of the molecule is CC(C)Cn1c(=O)n(C)c(=O)c2c(Nc3ccccc3)n(Cc3ccc(-n4cncn4)cc3)cc21. The van der Waals surface area contributed by atoms with Crippen LogP contribution in [-0.4, -0.2) is 28.5 Å². The zero-order valence-corrected chi connectivity index (χ0v) is 19.9. The molecule has 0 spiro atoms. The quantitative estimate of drug-likeness (QED) is 0.394. The number of hydrogen-bond donors (Lipinski definition) is 1. The molecular formula is C26H27N7O2. The lowest BCUT2D eigenvalue weighted by Crippen LogP contribution is -2.38. The maximum Gasteiger partial charge on any atom is 0.331 e. The van der Waals surface area contributed by atoms with Crippen LogP contribution in [0.4, 0.5) is 11.5 Å². The molecule has 0 radical (unpaired) electrons. The van der Waals surface area contributed by atoms with Crippen LogP contribution in [0, 0.1) is 5.92 Å². The fourth-order valence-electron chi connectivity index (χ4n) is 4.25. The molecule has 5 rings (SSSR count). The summed E-state index contributed by atoms with van der Waals surface area (Å²) in [5, 5.41) is 8.10. The standard InChI is InChI=1S/C26H27N7O2/c1-18(2)13-32-22-15-31(14-19-9-11-21(12-10-19)33-17-27-16-28-33)24(29-20-7-5-4-6-8-20)23(22)25(34)30(3)26(32)35/h4-12,15-18,29H,13-14H2,1-3H3. The molecule has 3 aromatic heterocycles. The third-order valence-corrected chi connectivity index (χ3v) is 5.94. The molecule has 3 heterocycles. The molecule has 5 aromatic rings. The summed E-state index contributed by atoms with van der Waals surface area (Å²) in [6.07, 6.45) is 5.05. The Labute approximate surface area is 201 Å². The largest absolute Gasteiger partial charge is 0.341 e. The first-order valence-corrected chi connectivity index (χ1v) is 11.5. The van der Waals surface area contributed by atoms with Crippen molar-refractivity contribution in [2.24, 2.45) is 13.0 Å². The Balaban J connectivity index is 1.65. The Morgan fingerprint density at radius 3 is 2.40 bits per heavy atom. The van der Waals surface area contributed by atoms with Crippen LogP contribution in [0.2, 0.25) is 0 Å². The van der Waals surface area contributed by atoms with Crippen LogP contribution in [0.25, 0.3) is 16.6 Å².